The van der Waals surface area contributed by atoms with Crippen LogP contribution in [-0.4, -0.2) is 36.0 Å². The minimum Gasteiger partial charge on any atom is -0.399 e. The third kappa shape index (κ3) is 1.78. The molecule has 1 heterocycles. The van der Waals surface area contributed by atoms with Crippen molar-refractivity contribution in [2.75, 3.05) is 19.3 Å². The number of anilines is 1. The molecule has 4 nitrogen and oxygen atoms in total. The minimum atomic E-state index is 0.501. The molecule has 0 amide bonds. The van der Waals surface area contributed by atoms with Crippen LogP contribution >= 0.6 is 0 Å². The van der Waals surface area contributed by atoms with Crippen molar-refractivity contribution in [2.45, 2.75) is 24.8 Å². The Kier molecular flexibility index (Phi) is 2.52. The second kappa shape index (κ2) is 4.04. The third-order valence-corrected chi connectivity index (χ3v) is 3.77. The van der Waals surface area contributed by atoms with Gasteiger partial charge in [-0.15, -0.1) is 0 Å². The van der Waals surface area contributed by atoms with E-state index in [-0.39, 0.29) is 0 Å². The van der Waals surface area contributed by atoms with Crippen LogP contribution < -0.4 is 5.73 Å². The zero-order valence-electron chi connectivity index (χ0n) is 10.1. The van der Waals surface area contributed by atoms with Crippen molar-refractivity contribution in [1.29, 1.82) is 0 Å². The van der Waals surface area contributed by atoms with Crippen LogP contribution in [0, 0.1) is 0 Å². The van der Waals surface area contributed by atoms with Gasteiger partial charge in [0.15, 0.2) is 0 Å². The third-order valence-electron chi connectivity index (χ3n) is 3.77. The summed E-state index contributed by atoms with van der Waals surface area (Å²) in [6.45, 7) is 0.917. The van der Waals surface area contributed by atoms with Gasteiger partial charge in [-0.2, -0.15) is 5.10 Å². The van der Waals surface area contributed by atoms with Gasteiger partial charge < -0.3 is 5.73 Å². The molecule has 2 unspecified atom stereocenters. The number of nitrogens with zero attached hydrogens (tertiary/aromatic N) is 3. The average molecular weight is 230 g/mol. The second-order valence-electron chi connectivity index (χ2n) is 4.88. The molecular weight excluding hydrogens is 212 g/mol. The van der Waals surface area contributed by atoms with Crippen LogP contribution in [-0.2, 0) is 0 Å². The smallest absolute Gasteiger partial charge is 0.0713 e. The number of hydrazone groups is 1. The quantitative estimate of drug-likeness (QED) is 0.786. The molecule has 1 aromatic carbocycles. The van der Waals surface area contributed by atoms with E-state index in [0.29, 0.717) is 12.0 Å². The summed E-state index contributed by atoms with van der Waals surface area (Å²) in [6, 6.07) is 8.75. The van der Waals surface area contributed by atoms with Gasteiger partial charge in [0.25, 0.3) is 0 Å². The maximum absolute atomic E-state index is 5.85. The zero-order chi connectivity index (χ0) is 11.8. The lowest BCUT2D eigenvalue weighted by molar-refractivity contribution is -0.0503. The molecule has 2 aliphatic rings. The number of rotatable bonds is 2. The van der Waals surface area contributed by atoms with E-state index in [9.17, 15) is 0 Å². The van der Waals surface area contributed by atoms with E-state index in [4.69, 9.17) is 5.73 Å². The molecule has 0 spiro atoms. The van der Waals surface area contributed by atoms with Crippen molar-refractivity contribution in [3.8, 4) is 0 Å². The second-order valence-corrected chi connectivity index (χ2v) is 4.88. The number of hydrazine groups is 1. The van der Waals surface area contributed by atoms with Gasteiger partial charge in [0, 0.05) is 24.9 Å². The molecule has 1 aliphatic heterocycles. The van der Waals surface area contributed by atoms with Crippen molar-refractivity contribution in [3.63, 3.8) is 0 Å². The standard InChI is InChI=1S/C13H18N4/c1-16-8-7-15-17(16)13-6-5-12(13)10-3-2-4-11(14)9-10/h2-4,7,9,12-13H,5-6,8,14H2,1H3. The van der Waals surface area contributed by atoms with E-state index in [1.165, 1.54) is 18.4 Å². The fourth-order valence-electron chi connectivity index (χ4n) is 2.69. The van der Waals surface area contributed by atoms with Crippen molar-refractivity contribution in [2.24, 2.45) is 5.10 Å². The zero-order valence-corrected chi connectivity index (χ0v) is 10.1. The summed E-state index contributed by atoms with van der Waals surface area (Å²) >= 11 is 0. The molecule has 1 saturated carbocycles. The highest BCUT2D eigenvalue weighted by Gasteiger charge is 2.39. The fourth-order valence-corrected chi connectivity index (χ4v) is 2.69. The Bertz CT molecular complexity index is 443. The number of nitrogens with two attached hydrogens (primary N) is 1. The fraction of sp³-hybridized carbons (Fsp3) is 0.462. The SMILES string of the molecule is CN1CC=NN1C1CCC1c1cccc(N)c1. The predicted molar refractivity (Wildman–Crippen MR) is 69.6 cm³/mol. The molecule has 2 N–H and O–H groups in total. The van der Waals surface area contributed by atoms with E-state index in [0.717, 1.165) is 12.2 Å². The maximum Gasteiger partial charge on any atom is 0.0713 e. The average Bonchev–Trinajstić information content (AvgIpc) is 2.63. The number of benzene rings is 1. The Morgan fingerprint density at radius 1 is 1.35 bits per heavy atom. The maximum atomic E-state index is 5.85. The molecule has 1 aliphatic carbocycles. The molecular formula is C13H18N4. The number of hydrogen-bond donors (Lipinski definition) is 1. The number of nitrogen functional groups attached to an aromatic ring is 1. The van der Waals surface area contributed by atoms with Gasteiger partial charge in [0.05, 0.1) is 12.6 Å². The van der Waals surface area contributed by atoms with Crippen LogP contribution in [0.15, 0.2) is 29.4 Å². The van der Waals surface area contributed by atoms with Crippen LogP contribution in [0.5, 0.6) is 0 Å². The lowest BCUT2D eigenvalue weighted by Crippen LogP contribution is -2.48. The first-order chi connectivity index (χ1) is 8.25. The Balaban J connectivity index is 1.79. The molecule has 3 rings (SSSR count). The van der Waals surface area contributed by atoms with Crippen molar-refractivity contribution < 1.29 is 0 Å². The van der Waals surface area contributed by atoms with E-state index in [2.05, 4.69) is 34.4 Å². The molecule has 4 heteroatoms. The molecule has 0 saturated heterocycles. The topological polar surface area (TPSA) is 44.9 Å². The van der Waals surface area contributed by atoms with Crippen LogP contribution in [0.25, 0.3) is 0 Å². The van der Waals surface area contributed by atoms with Gasteiger partial charge in [0.2, 0.25) is 0 Å². The summed E-state index contributed by atoms with van der Waals surface area (Å²) in [7, 11) is 2.09. The Labute approximate surface area is 102 Å². The van der Waals surface area contributed by atoms with E-state index in [1.807, 2.05) is 18.3 Å². The Hall–Kier alpha value is -1.55. The first-order valence-electron chi connectivity index (χ1n) is 6.14. The van der Waals surface area contributed by atoms with Crippen LogP contribution in [0.3, 0.4) is 0 Å². The molecule has 17 heavy (non-hydrogen) atoms. The van der Waals surface area contributed by atoms with Crippen molar-refractivity contribution in [1.82, 2.24) is 10.1 Å². The molecule has 0 bridgehead atoms. The van der Waals surface area contributed by atoms with Gasteiger partial charge in [0.1, 0.15) is 0 Å². The summed E-state index contributed by atoms with van der Waals surface area (Å²) in [4.78, 5) is 0. The highest BCUT2D eigenvalue weighted by molar-refractivity contribution is 5.60. The van der Waals surface area contributed by atoms with Crippen LogP contribution in [0.2, 0.25) is 0 Å². The normalized spacial score (nSPS) is 28.4. The van der Waals surface area contributed by atoms with Crippen LogP contribution in [0.1, 0.15) is 24.3 Å². The summed E-state index contributed by atoms with van der Waals surface area (Å²) in [5, 5.41) is 8.73. The first-order valence-corrected chi connectivity index (χ1v) is 6.14. The summed E-state index contributed by atoms with van der Waals surface area (Å²) in [5.41, 5.74) is 8.05. The lowest BCUT2D eigenvalue weighted by atomic mass is 9.75. The van der Waals surface area contributed by atoms with E-state index in [1.54, 1.807) is 0 Å². The molecule has 0 radical (unpaired) electrons. The number of hydrogen-bond acceptors (Lipinski definition) is 4. The lowest BCUT2D eigenvalue weighted by Gasteiger charge is -2.44. The van der Waals surface area contributed by atoms with E-state index < -0.39 is 0 Å². The van der Waals surface area contributed by atoms with Crippen molar-refractivity contribution >= 4 is 11.9 Å². The molecule has 1 aromatic rings. The van der Waals surface area contributed by atoms with Gasteiger partial charge >= 0.3 is 0 Å². The Morgan fingerprint density at radius 3 is 2.82 bits per heavy atom. The first kappa shape index (κ1) is 10.6. The Morgan fingerprint density at radius 2 is 2.24 bits per heavy atom. The highest BCUT2D eigenvalue weighted by atomic mass is 15.8. The van der Waals surface area contributed by atoms with Gasteiger partial charge in [-0.1, -0.05) is 12.1 Å². The minimum absolute atomic E-state index is 0.501. The molecule has 1 fully saturated rings. The van der Waals surface area contributed by atoms with Gasteiger partial charge in [-0.05, 0) is 30.5 Å². The highest BCUT2D eigenvalue weighted by Crippen LogP contribution is 2.41. The summed E-state index contributed by atoms with van der Waals surface area (Å²) in [5.74, 6) is 0.566. The molecule has 90 valence electrons. The van der Waals surface area contributed by atoms with Crippen molar-refractivity contribution in [3.05, 3.63) is 29.8 Å². The van der Waals surface area contributed by atoms with Gasteiger partial charge in [-0.3, -0.25) is 0 Å². The molecule has 2 atom stereocenters. The summed E-state index contributed by atoms with van der Waals surface area (Å²) in [6.07, 6.45) is 4.41. The largest absolute Gasteiger partial charge is 0.399 e. The monoisotopic (exact) mass is 230 g/mol. The van der Waals surface area contributed by atoms with Crippen LogP contribution in [0.4, 0.5) is 5.69 Å². The summed E-state index contributed by atoms with van der Waals surface area (Å²) < 4.78 is 0. The predicted octanol–water partition coefficient (Wildman–Crippen LogP) is 1.66. The van der Waals surface area contributed by atoms with E-state index >= 15 is 0 Å². The molecule has 0 aromatic heterocycles. The van der Waals surface area contributed by atoms with Gasteiger partial charge in [-0.25, -0.2) is 10.1 Å².